The number of nitrogens with zero attached hydrogens (tertiary/aromatic N) is 1. The van der Waals surface area contributed by atoms with Crippen molar-refractivity contribution < 1.29 is 9.18 Å². The van der Waals surface area contributed by atoms with Crippen LogP contribution in [0.15, 0.2) is 12.1 Å². The minimum atomic E-state index is -0.446. The third-order valence-corrected chi connectivity index (χ3v) is 3.89. The van der Waals surface area contributed by atoms with Crippen LogP contribution in [0, 0.1) is 18.7 Å². The molecule has 1 aromatic carbocycles. The Balaban J connectivity index is 2.24. The van der Waals surface area contributed by atoms with E-state index in [1.165, 1.54) is 6.07 Å². The van der Waals surface area contributed by atoms with Crippen molar-refractivity contribution in [3.05, 3.63) is 29.1 Å². The lowest BCUT2D eigenvalue weighted by Gasteiger charge is -2.32. The molecule has 1 amide bonds. The van der Waals surface area contributed by atoms with Crippen LogP contribution in [0.3, 0.4) is 0 Å². The molecule has 0 spiro atoms. The number of amides is 1. The Morgan fingerprint density at radius 2 is 2.26 bits per heavy atom. The van der Waals surface area contributed by atoms with Crippen LogP contribution in [0.4, 0.5) is 10.1 Å². The van der Waals surface area contributed by atoms with Crippen molar-refractivity contribution in [2.45, 2.75) is 33.1 Å². The molecule has 1 saturated heterocycles. The van der Waals surface area contributed by atoms with Crippen LogP contribution in [0.25, 0.3) is 0 Å². The van der Waals surface area contributed by atoms with Gasteiger partial charge in [0.1, 0.15) is 5.82 Å². The van der Waals surface area contributed by atoms with Gasteiger partial charge in [0, 0.05) is 18.8 Å². The van der Waals surface area contributed by atoms with Crippen LogP contribution in [0.1, 0.15) is 42.1 Å². The maximum absolute atomic E-state index is 14.1. The quantitative estimate of drug-likeness (QED) is 0.835. The summed E-state index contributed by atoms with van der Waals surface area (Å²) in [6, 6.07) is 3.00. The second-order valence-electron chi connectivity index (χ2n) is 5.37. The van der Waals surface area contributed by atoms with Crippen molar-refractivity contribution in [1.29, 1.82) is 0 Å². The first-order chi connectivity index (χ1) is 9.02. The van der Waals surface area contributed by atoms with Crippen molar-refractivity contribution in [2.75, 3.05) is 18.8 Å². The van der Waals surface area contributed by atoms with Crippen LogP contribution in [-0.4, -0.2) is 23.9 Å². The molecule has 1 aromatic rings. The van der Waals surface area contributed by atoms with Crippen molar-refractivity contribution in [3.8, 4) is 0 Å². The molecule has 0 radical (unpaired) electrons. The van der Waals surface area contributed by atoms with Crippen LogP contribution in [0.5, 0.6) is 0 Å². The molecule has 1 aliphatic rings. The number of halogens is 1. The Kier molecular flexibility index (Phi) is 4.08. The third kappa shape index (κ3) is 2.88. The fourth-order valence-corrected chi connectivity index (χ4v) is 2.71. The zero-order valence-electron chi connectivity index (χ0n) is 11.6. The van der Waals surface area contributed by atoms with Gasteiger partial charge in [-0.05, 0) is 43.4 Å². The maximum Gasteiger partial charge on any atom is 0.256 e. The van der Waals surface area contributed by atoms with Crippen molar-refractivity contribution in [1.82, 2.24) is 4.90 Å². The number of benzene rings is 1. The Morgan fingerprint density at radius 1 is 1.53 bits per heavy atom. The lowest BCUT2D eigenvalue weighted by atomic mass is 9.95. The lowest BCUT2D eigenvalue weighted by Crippen LogP contribution is -2.40. The number of rotatable bonds is 2. The summed E-state index contributed by atoms with van der Waals surface area (Å²) >= 11 is 0. The molecule has 1 atom stereocenters. The van der Waals surface area contributed by atoms with Gasteiger partial charge < -0.3 is 10.6 Å². The number of carbonyl (C=O) groups excluding carboxylic acids is 1. The summed E-state index contributed by atoms with van der Waals surface area (Å²) < 4.78 is 14.1. The molecule has 1 unspecified atom stereocenters. The van der Waals surface area contributed by atoms with Gasteiger partial charge in [-0.2, -0.15) is 0 Å². The minimum Gasteiger partial charge on any atom is -0.399 e. The van der Waals surface area contributed by atoms with Gasteiger partial charge in [0.05, 0.1) is 5.56 Å². The number of carbonyl (C=O) groups is 1. The topological polar surface area (TPSA) is 46.3 Å². The van der Waals surface area contributed by atoms with Gasteiger partial charge in [0.15, 0.2) is 0 Å². The molecule has 0 aromatic heterocycles. The molecule has 19 heavy (non-hydrogen) atoms. The number of likely N-dealkylation sites (tertiary alicyclic amines) is 1. The van der Waals surface area contributed by atoms with Crippen molar-refractivity contribution in [2.24, 2.45) is 5.92 Å². The van der Waals surface area contributed by atoms with Gasteiger partial charge >= 0.3 is 0 Å². The van der Waals surface area contributed by atoms with E-state index in [9.17, 15) is 9.18 Å². The fourth-order valence-electron chi connectivity index (χ4n) is 2.71. The highest BCUT2D eigenvalue weighted by Gasteiger charge is 2.25. The molecule has 1 fully saturated rings. The van der Waals surface area contributed by atoms with Crippen molar-refractivity contribution in [3.63, 3.8) is 0 Å². The standard InChI is InChI=1S/C15H21FN2O/c1-3-11-5-4-6-18(9-11)15(19)13-8-12(17)7-10(2)14(13)16/h7-8,11H,3-6,9,17H2,1-2H3. The van der Waals surface area contributed by atoms with Gasteiger partial charge in [-0.1, -0.05) is 13.3 Å². The molecule has 0 saturated carbocycles. The molecule has 3 nitrogen and oxygen atoms in total. The molecule has 2 rings (SSSR count). The largest absolute Gasteiger partial charge is 0.399 e. The van der Waals surface area contributed by atoms with Crippen LogP contribution < -0.4 is 5.73 Å². The summed E-state index contributed by atoms with van der Waals surface area (Å²) in [5.74, 6) is -0.146. The molecule has 0 bridgehead atoms. The van der Waals surface area contributed by atoms with Crippen LogP contribution in [-0.2, 0) is 0 Å². The zero-order chi connectivity index (χ0) is 14.0. The average Bonchev–Trinajstić information content (AvgIpc) is 2.42. The summed E-state index contributed by atoms with van der Waals surface area (Å²) in [5, 5.41) is 0. The fraction of sp³-hybridized carbons (Fsp3) is 0.533. The molecule has 0 aliphatic carbocycles. The molecule has 2 N–H and O–H groups in total. The Hall–Kier alpha value is -1.58. The second kappa shape index (κ2) is 5.59. The normalized spacial score (nSPS) is 19.5. The van der Waals surface area contributed by atoms with Crippen LogP contribution >= 0.6 is 0 Å². The van der Waals surface area contributed by atoms with E-state index >= 15 is 0 Å². The Morgan fingerprint density at radius 3 is 2.95 bits per heavy atom. The summed E-state index contributed by atoms with van der Waals surface area (Å²) in [4.78, 5) is 14.2. The number of anilines is 1. The number of nitrogens with two attached hydrogens (primary N) is 1. The monoisotopic (exact) mass is 264 g/mol. The average molecular weight is 264 g/mol. The second-order valence-corrected chi connectivity index (χ2v) is 5.37. The predicted molar refractivity (Wildman–Crippen MR) is 74.5 cm³/mol. The summed E-state index contributed by atoms with van der Waals surface area (Å²) in [5.41, 5.74) is 6.68. The van der Waals surface area contributed by atoms with Gasteiger partial charge in [-0.3, -0.25) is 4.79 Å². The molecular formula is C15H21FN2O. The third-order valence-electron chi connectivity index (χ3n) is 3.89. The Bertz CT molecular complexity index is 487. The molecule has 4 heteroatoms. The first-order valence-electron chi connectivity index (χ1n) is 6.87. The molecule has 1 aliphatic heterocycles. The maximum atomic E-state index is 14.1. The van der Waals surface area contributed by atoms with Gasteiger partial charge in [0.25, 0.3) is 5.91 Å². The summed E-state index contributed by atoms with van der Waals surface area (Å²) in [6.07, 6.45) is 3.20. The Labute approximate surface area is 113 Å². The summed E-state index contributed by atoms with van der Waals surface area (Å²) in [6.45, 7) is 5.20. The highest BCUT2D eigenvalue weighted by molar-refractivity contribution is 5.95. The predicted octanol–water partition coefficient (Wildman–Crippen LogP) is 2.98. The number of piperidine rings is 1. The number of nitrogen functional groups attached to an aromatic ring is 1. The highest BCUT2D eigenvalue weighted by Crippen LogP contribution is 2.23. The number of aryl methyl sites for hydroxylation is 1. The van der Waals surface area contributed by atoms with E-state index in [4.69, 9.17) is 5.73 Å². The first-order valence-corrected chi connectivity index (χ1v) is 6.87. The molecule has 104 valence electrons. The van der Waals surface area contributed by atoms with Gasteiger partial charge in [-0.15, -0.1) is 0 Å². The van der Waals surface area contributed by atoms with E-state index in [1.54, 1.807) is 17.9 Å². The molecular weight excluding hydrogens is 243 g/mol. The first kappa shape index (κ1) is 13.8. The molecule has 1 heterocycles. The SMILES string of the molecule is CCC1CCCN(C(=O)c2cc(N)cc(C)c2F)C1. The number of hydrogen-bond donors (Lipinski definition) is 1. The smallest absolute Gasteiger partial charge is 0.256 e. The lowest BCUT2D eigenvalue weighted by molar-refractivity contribution is 0.0666. The van der Waals surface area contributed by atoms with Gasteiger partial charge in [0.2, 0.25) is 0 Å². The van der Waals surface area contributed by atoms with E-state index in [0.29, 0.717) is 23.7 Å². The van der Waals surface area contributed by atoms with Gasteiger partial charge in [-0.25, -0.2) is 4.39 Å². The van der Waals surface area contributed by atoms with Crippen LogP contribution in [0.2, 0.25) is 0 Å². The van der Waals surface area contributed by atoms with E-state index in [0.717, 1.165) is 25.8 Å². The van der Waals surface area contributed by atoms with E-state index in [2.05, 4.69) is 6.92 Å². The van der Waals surface area contributed by atoms with E-state index in [-0.39, 0.29) is 11.5 Å². The highest BCUT2D eigenvalue weighted by atomic mass is 19.1. The van der Waals surface area contributed by atoms with Crippen molar-refractivity contribution >= 4 is 11.6 Å². The summed E-state index contributed by atoms with van der Waals surface area (Å²) in [7, 11) is 0. The van der Waals surface area contributed by atoms with E-state index < -0.39 is 5.82 Å². The minimum absolute atomic E-state index is 0.106. The van der Waals surface area contributed by atoms with E-state index in [1.807, 2.05) is 0 Å². The zero-order valence-corrected chi connectivity index (χ0v) is 11.6. The number of hydrogen-bond acceptors (Lipinski definition) is 2.